The van der Waals surface area contributed by atoms with Crippen LogP contribution in [0.2, 0.25) is 5.02 Å². The van der Waals surface area contributed by atoms with Gasteiger partial charge in [0.15, 0.2) is 0 Å². The maximum atomic E-state index is 12.2. The van der Waals surface area contributed by atoms with Gasteiger partial charge in [-0.3, -0.25) is 4.68 Å². The van der Waals surface area contributed by atoms with Gasteiger partial charge in [0.2, 0.25) is 10.0 Å². The Hall–Kier alpha value is -1.48. The van der Waals surface area contributed by atoms with Crippen LogP contribution in [-0.4, -0.2) is 30.0 Å². The van der Waals surface area contributed by atoms with E-state index in [0.717, 1.165) is 0 Å². The average Bonchev–Trinajstić information content (AvgIpc) is 2.92. The Morgan fingerprint density at radius 1 is 1.40 bits per heavy atom. The van der Waals surface area contributed by atoms with Crippen LogP contribution in [0.3, 0.4) is 0 Å². The molecule has 1 aromatic heterocycles. The van der Waals surface area contributed by atoms with Gasteiger partial charge < -0.3 is 5.73 Å². The van der Waals surface area contributed by atoms with Crippen molar-refractivity contribution in [3.05, 3.63) is 41.2 Å². The summed E-state index contributed by atoms with van der Waals surface area (Å²) in [7, 11) is -3.68. The van der Waals surface area contributed by atoms with Crippen LogP contribution >= 0.6 is 11.6 Å². The quantitative estimate of drug-likeness (QED) is 0.801. The number of hydrogen-bond donors (Lipinski definition) is 2. The van der Waals surface area contributed by atoms with Gasteiger partial charge in [0.25, 0.3) is 0 Å². The largest absolute Gasteiger partial charge is 0.326 e. The maximum Gasteiger partial charge on any atom is 0.242 e. The molecule has 0 bridgehead atoms. The molecule has 9 heteroatoms. The van der Waals surface area contributed by atoms with Crippen LogP contribution in [0.5, 0.6) is 0 Å². The number of halogens is 1. The van der Waals surface area contributed by atoms with Crippen molar-refractivity contribution >= 4 is 21.6 Å². The molecule has 0 fully saturated rings. The van der Waals surface area contributed by atoms with Crippen molar-refractivity contribution in [3.8, 4) is 0 Å². The summed E-state index contributed by atoms with van der Waals surface area (Å²) in [5.74, 6) is 0. The first kappa shape index (κ1) is 14.9. The van der Waals surface area contributed by atoms with Gasteiger partial charge in [-0.15, -0.1) is 5.10 Å². The van der Waals surface area contributed by atoms with Crippen LogP contribution in [0, 0.1) is 0 Å². The van der Waals surface area contributed by atoms with Crippen molar-refractivity contribution in [1.82, 2.24) is 19.7 Å². The zero-order valence-corrected chi connectivity index (χ0v) is 12.1. The van der Waals surface area contributed by atoms with Crippen molar-refractivity contribution in [2.75, 3.05) is 6.54 Å². The van der Waals surface area contributed by atoms with E-state index in [2.05, 4.69) is 15.0 Å². The van der Waals surface area contributed by atoms with Crippen LogP contribution < -0.4 is 10.5 Å². The van der Waals surface area contributed by atoms with E-state index in [1.807, 2.05) is 0 Å². The first-order valence-corrected chi connectivity index (χ1v) is 7.71. The average molecular weight is 316 g/mol. The molecule has 0 atom stereocenters. The molecule has 0 unspecified atom stereocenters. The molecular formula is C11H14ClN5O2S. The van der Waals surface area contributed by atoms with Gasteiger partial charge in [0.05, 0.1) is 17.8 Å². The van der Waals surface area contributed by atoms with Crippen LogP contribution in [0.1, 0.15) is 5.56 Å². The standard InChI is InChI=1S/C11H14ClN5O2S/c12-10-2-1-9(8-13)7-11(10)20(18,19)15-4-6-17-5-3-14-16-17/h1-3,5,7,15H,4,6,8,13H2. The molecule has 0 saturated carbocycles. The molecule has 108 valence electrons. The Kier molecular flexibility index (Phi) is 4.71. The van der Waals surface area contributed by atoms with E-state index in [4.69, 9.17) is 17.3 Å². The lowest BCUT2D eigenvalue weighted by atomic mass is 10.2. The molecule has 7 nitrogen and oxygen atoms in total. The molecule has 0 aliphatic heterocycles. The minimum Gasteiger partial charge on any atom is -0.326 e. The van der Waals surface area contributed by atoms with Gasteiger partial charge in [0, 0.05) is 19.3 Å². The van der Waals surface area contributed by atoms with Gasteiger partial charge >= 0.3 is 0 Å². The third-order valence-corrected chi connectivity index (χ3v) is 4.57. The second-order valence-electron chi connectivity index (χ2n) is 4.03. The summed E-state index contributed by atoms with van der Waals surface area (Å²) in [6.45, 7) is 0.820. The molecule has 1 aromatic carbocycles. The molecule has 0 amide bonds. The lowest BCUT2D eigenvalue weighted by Gasteiger charge is -2.09. The zero-order valence-electron chi connectivity index (χ0n) is 10.5. The molecule has 0 aliphatic carbocycles. The van der Waals surface area contributed by atoms with E-state index in [1.54, 1.807) is 12.3 Å². The summed E-state index contributed by atoms with van der Waals surface area (Å²) in [5.41, 5.74) is 6.20. The number of nitrogens with one attached hydrogen (secondary N) is 1. The Balaban J connectivity index is 2.09. The number of nitrogens with zero attached hydrogens (tertiary/aromatic N) is 3. The summed E-state index contributed by atoms with van der Waals surface area (Å²) < 4.78 is 28.3. The fourth-order valence-corrected chi connectivity index (χ4v) is 3.17. The second kappa shape index (κ2) is 6.31. The Morgan fingerprint density at radius 3 is 2.85 bits per heavy atom. The number of aromatic nitrogens is 3. The van der Waals surface area contributed by atoms with Crippen LogP contribution in [-0.2, 0) is 23.1 Å². The van der Waals surface area contributed by atoms with E-state index >= 15 is 0 Å². The van der Waals surface area contributed by atoms with Crippen molar-refractivity contribution in [1.29, 1.82) is 0 Å². The summed E-state index contributed by atoms with van der Waals surface area (Å²) >= 11 is 5.93. The number of sulfonamides is 1. The first-order valence-electron chi connectivity index (χ1n) is 5.85. The minimum atomic E-state index is -3.68. The molecule has 1 heterocycles. The summed E-state index contributed by atoms with van der Waals surface area (Å²) in [6.07, 6.45) is 3.17. The molecule has 20 heavy (non-hydrogen) atoms. The van der Waals surface area contributed by atoms with Crippen LogP contribution in [0.25, 0.3) is 0 Å². The number of rotatable bonds is 6. The van der Waals surface area contributed by atoms with Gasteiger partial charge in [-0.25, -0.2) is 13.1 Å². The summed E-state index contributed by atoms with van der Waals surface area (Å²) in [4.78, 5) is 0.0284. The molecule has 2 aromatic rings. The lowest BCUT2D eigenvalue weighted by molar-refractivity contribution is 0.553. The van der Waals surface area contributed by atoms with E-state index in [0.29, 0.717) is 12.1 Å². The topological polar surface area (TPSA) is 103 Å². The van der Waals surface area contributed by atoms with Crippen molar-refractivity contribution in [2.45, 2.75) is 18.0 Å². The fraction of sp³-hybridized carbons (Fsp3) is 0.273. The lowest BCUT2D eigenvalue weighted by Crippen LogP contribution is -2.28. The maximum absolute atomic E-state index is 12.2. The highest BCUT2D eigenvalue weighted by atomic mass is 35.5. The Bertz CT molecular complexity index is 672. The third kappa shape index (κ3) is 3.54. The van der Waals surface area contributed by atoms with Crippen molar-refractivity contribution in [3.63, 3.8) is 0 Å². The monoisotopic (exact) mass is 315 g/mol. The number of hydrogen-bond acceptors (Lipinski definition) is 5. The first-order chi connectivity index (χ1) is 9.53. The van der Waals surface area contributed by atoms with Gasteiger partial charge in [-0.05, 0) is 17.7 Å². The Morgan fingerprint density at radius 2 is 2.20 bits per heavy atom. The Labute approximate surface area is 121 Å². The van der Waals surface area contributed by atoms with Gasteiger partial charge in [-0.1, -0.05) is 22.9 Å². The van der Waals surface area contributed by atoms with Crippen molar-refractivity contribution in [2.24, 2.45) is 5.73 Å². The predicted octanol–water partition coefficient (Wildman–Crippen LogP) is 0.369. The second-order valence-corrected chi connectivity index (χ2v) is 6.18. The SMILES string of the molecule is NCc1ccc(Cl)c(S(=O)(=O)NCCn2ccnn2)c1. The number of nitrogens with two attached hydrogens (primary N) is 1. The zero-order chi connectivity index (χ0) is 14.6. The molecule has 0 saturated heterocycles. The van der Waals surface area contributed by atoms with Crippen molar-refractivity contribution < 1.29 is 8.42 Å². The summed E-state index contributed by atoms with van der Waals surface area (Å²) in [6, 6.07) is 4.69. The predicted molar refractivity (Wildman–Crippen MR) is 74.6 cm³/mol. The molecule has 3 N–H and O–H groups in total. The highest BCUT2D eigenvalue weighted by Crippen LogP contribution is 2.22. The van der Waals surface area contributed by atoms with Crippen LogP contribution in [0.15, 0.2) is 35.5 Å². The minimum absolute atomic E-state index is 0.0284. The van der Waals surface area contributed by atoms with Gasteiger partial charge in [-0.2, -0.15) is 0 Å². The van der Waals surface area contributed by atoms with E-state index in [-0.39, 0.29) is 23.0 Å². The molecule has 0 spiro atoms. The third-order valence-electron chi connectivity index (χ3n) is 2.63. The van der Waals surface area contributed by atoms with E-state index < -0.39 is 10.0 Å². The molecule has 0 aliphatic rings. The molecule has 0 radical (unpaired) electrons. The number of benzene rings is 1. The molecular weight excluding hydrogens is 302 g/mol. The summed E-state index contributed by atoms with van der Waals surface area (Å²) in [5, 5.41) is 7.54. The van der Waals surface area contributed by atoms with E-state index in [9.17, 15) is 8.42 Å². The van der Waals surface area contributed by atoms with Gasteiger partial charge in [0.1, 0.15) is 4.90 Å². The smallest absolute Gasteiger partial charge is 0.242 e. The normalized spacial score (nSPS) is 11.7. The molecule has 2 rings (SSSR count). The van der Waals surface area contributed by atoms with Crippen LogP contribution in [0.4, 0.5) is 0 Å². The van der Waals surface area contributed by atoms with E-state index in [1.165, 1.54) is 23.0 Å². The highest BCUT2D eigenvalue weighted by Gasteiger charge is 2.17. The fourth-order valence-electron chi connectivity index (χ4n) is 1.60. The highest BCUT2D eigenvalue weighted by molar-refractivity contribution is 7.89.